The molecule has 1 aliphatic heterocycles. The third-order valence-electron chi connectivity index (χ3n) is 4.18. The van der Waals surface area contributed by atoms with Gasteiger partial charge in [0.1, 0.15) is 0 Å². The third-order valence-corrected chi connectivity index (χ3v) is 4.18. The van der Waals surface area contributed by atoms with Gasteiger partial charge in [0, 0.05) is 26.7 Å². The van der Waals surface area contributed by atoms with E-state index in [1.807, 2.05) is 0 Å². The largest absolute Gasteiger partial charge is 0.387 e. The van der Waals surface area contributed by atoms with Crippen molar-refractivity contribution in [3.05, 3.63) is 35.4 Å². The zero-order valence-corrected chi connectivity index (χ0v) is 13.5. The molecule has 2 rings (SSSR count). The normalized spacial score (nSPS) is 18.0. The summed E-state index contributed by atoms with van der Waals surface area (Å²) in [5.74, 6) is 0.0380. The SMILES string of the molecule is CNC(=O)CN1CCCN(CC(O)c2ccc(C#N)cc2)CC1. The number of nitrogens with zero attached hydrogens (tertiary/aromatic N) is 3. The van der Waals surface area contributed by atoms with Crippen molar-refractivity contribution in [3.63, 3.8) is 0 Å². The van der Waals surface area contributed by atoms with Crippen molar-refractivity contribution < 1.29 is 9.90 Å². The number of carbonyl (C=O) groups excluding carboxylic acids is 1. The molecule has 23 heavy (non-hydrogen) atoms. The van der Waals surface area contributed by atoms with E-state index < -0.39 is 6.10 Å². The molecule has 1 unspecified atom stereocenters. The smallest absolute Gasteiger partial charge is 0.233 e. The lowest BCUT2D eigenvalue weighted by atomic mass is 10.1. The minimum absolute atomic E-state index is 0.0380. The van der Waals surface area contributed by atoms with Crippen LogP contribution in [0.25, 0.3) is 0 Å². The second-order valence-corrected chi connectivity index (χ2v) is 5.85. The first-order valence-corrected chi connectivity index (χ1v) is 7.96. The maximum Gasteiger partial charge on any atom is 0.233 e. The third kappa shape index (κ3) is 5.32. The van der Waals surface area contributed by atoms with Crippen LogP contribution in [-0.2, 0) is 4.79 Å². The van der Waals surface area contributed by atoms with Crippen LogP contribution in [0.3, 0.4) is 0 Å². The van der Waals surface area contributed by atoms with Gasteiger partial charge in [0.05, 0.1) is 24.3 Å². The monoisotopic (exact) mass is 316 g/mol. The Bertz CT molecular complexity index is 553. The number of likely N-dealkylation sites (N-methyl/N-ethyl adjacent to an activating group) is 1. The molecule has 0 aromatic heterocycles. The molecular weight excluding hydrogens is 292 g/mol. The summed E-state index contributed by atoms with van der Waals surface area (Å²) < 4.78 is 0. The molecule has 0 spiro atoms. The summed E-state index contributed by atoms with van der Waals surface area (Å²) in [5.41, 5.74) is 1.43. The number of hydrogen-bond acceptors (Lipinski definition) is 5. The number of nitrogens with one attached hydrogen (secondary N) is 1. The van der Waals surface area contributed by atoms with Gasteiger partial charge in [-0.05, 0) is 37.2 Å². The quantitative estimate of drug-likeness (QED) is 0.819. The second kappa shape index (κ2) is 8.63. The zero-order chi connectivity index (χ0) is 16.7. The number of hydrogen-bond donors (Lipinski definition) is 2. The number of β-amino-alcohol motifs (C(OH)–C–C–N with tert-alkyl or cyclic N) is 1. The highest BCUT2D eigenvalue weighted by atomic mass is 16.3. The fourth-order valence-corrected chi connectivity index (χ4v) is 2.78. The van der Waals surface area contributed by atoms with E-state index in [0.717, 1.165) is 38.2 Å². The van der Waals surface area contributed by atoms with E-state index in [-0.39, 0.29) is 5.91 Å². The number of nitriles is 1. The molecule has 6 nitrogen and oxygen atoms in total. The Balaban J connectivity index is 1.85. The van der Waals surface area contributed by atoms with Crippen LogP contribution in [0.5, 0.6) is 0 Å². The van der Waals surface area contributed by atoms with Gasteiger partial charge in [-0.25, -0.2) is 0 Å². The predicted octanol–water partition coefficient (Wildman–Crippen LogP) is 0.345. The van der Waals surface area contributed by atoms with Crippen LogP contribution in [0.15, 0.2) is 24.3 Å². The van der Waals surface area contributed by atoms with Gasteiger partial charge in [-0.3, -0.25) is 14.6 Å². The lowest BCUT2D eigenvalue weighted by molar-refractivity contribution is -0.121. The molecular formula is C17H24N4O2. The molecule has 0 bridgehead atoms. The molecule has 0 saturated carbocycles. The van der Waals surface area contributed by atoms with Crippen LogP contribution in [0.4, 0.5) is 0 Å². The first kappa shape index (κ1) is 17.4. The lowest BCUT2D eigenvalue weighted by Crippen LogP contribution is -2.38. The first-order valence-electron chi connectivity index (χ1n) is 7.96. The van der Waals surface area contributed by atoms with E-state index in [0.29, 0.717) is 18.7 Å². The van der Waals surface area contributed by atoms with Crippen molar-refractivity contribution in [2.75, 3.05) is 46.3 Å². The van der Waals surface area contributed by atoms with Crippen molar-refractivity contribution in [3.8, 4) is 6.07 Å². The van der Waals surface area contributed by atoms with E-state index >= 15 is 0 Å². The molecule has 0 aliphatic carbocycles. The number of benzene rings is 1. The molecule has 1 aromatic rings. The van der Waals surface area contributed by atoms with Gasteiger partial charge < -0.3 is 10.4 Å². The molecule has 1 saturated heterocycles. The Hall–Kier alpha value is -1.94. The summed E-state index contributed by atoms with van der Waals surface area (Å²) in [6.07, 6.45) is 0.421. The predicted molar refractivity (Wildman–Crippen MR) is 87.7 cm³/mol. The highest BCUT2D eigenvalue weighted by Crippen LogP contribution is 2.16. The van der Waals surface area contributed by atoms with Gasteiger partial charge in [-0.2, -0.15) is 5.26 Å². The maximum atomic E-state index is 11.5. The van der Waals surface area contributed by atoms with Crippen molar-refractivity contribution in [2.45, 2.75) is 12.5 Å². The number of rotatable bonds is 5. The van der Waals surface area contributed by atoms with Gasteiger partial charge in [0.2, 0.25) is 5.91 Å². The summed E-state index contributed by atoms with van der Waals surface area (Å²) in [7, 11) is 1.65. The number of aliphatic hydroxyl groups excluding tert-OH is 1. The van der Waals surface area contributed by atoms with Gasteiger partial charge >= 0.3 is 0 Å². The lowest BCUT2D eigenvalue weighted by Gasteiger charge is -2.24. The molecule has 6 heteroatoms. The number of aliphatic hydroxyl groups is 1. The summed E-state index contributed by atoms with van der Waals surface area (Å²) in [6, 6.07) is 9.14. The minimum atomic E-state index is -0.562. The Morgan fingerprint density at radius 1 is 1.26 bits per heavy atom. The summed E-state index contributed by atoms with van der Waals surface area (Å²) in [4.78, 5) is 15.8. The minimum Gasteiger partial charge on any atom is -0.387 e. The van der Waals surface area contributed by atoms with Crippen molar-refractivity contribution >= 4 is 5.91 Å². The van der Waals surface area contributed by atoms with Crippen LogP contribution in [0, 0.1) is 11.3 Å². The zero-order valence-electron chi connectivity index (χ0n) is 13.5. The summed E-state index contributed by atoms with van der Waals surface area (Å²) in [6.45, 7) is 4.48. The highest BCUT2D eigenvalue weighted by molar-refractivity contribution is 5.77. The van der Waals surface area contributed by atoms with Crippen LogP contribution >= 0.6 is 0 Å². The van der Waals surface area contributed by atoms with E-state index in [1.54, 1.807) is 31.3 Å². The molecule has 1 aromatic carbocycles. The molecule has 1 aliphatic rings. The topological polar surface area (TPSA) is 79.6 Å². The Morgan fingerprint density at radius 3 is 2.57 bits per heavy atom. The Labute approximate surface area is 137 Å². The van der Waals surface area contributed by atoms with Crippen molar-refractivity contribution in [1.29, 1.82) is 5.26 Å². The summed E-state index contributed by atoms with van der Waals surface area (Å²) in [5, 5.41) is 21.8. The number of carbonyl (C=O) groups is 1. The van der Waals surface area contributed by atoms with E-state index in [4.69, 9.17) is 5.26 Å². The van der Waals surface area contributed by atoms with E-state index in [9.17, 15) is 9.90 Å². The van der Waals surface area contributed by atoms with Gasteiger partial charge in [0.15, 0.2) is 0 Å². The molecule has 1 amide bonds. The van der Waals surface area contributed by atoms with Gasteiger partial charge in [-0.1, -0.05) is 12.1 Å². The van der Waals surface area contributed by atoms with Crippen LogP contribution in [0.1, 0.15) is 23.7 Å². The average molecular weight is 316 g/mol. The number of amides is 1. The van der Waals surface area contributed by atoms with Gasteiger partial charge in [0.25, 0.3) is 0 Å². The van der Waals surface area contributed by atoms with Crippen LogP contribution in [-0.4, -0.2) is 67.1 Å². The molecule has 2 N–H and O–H groups in total. The highest BCUT2D eigenvalue weighted by Gasteiger charge is 2.19. The van der Waals surface area contributed by atoms with Crippen LogP contribution in [0.2, 0.25) is 0 Å². The van der Waals surface area contributed by atoms with Gasteiger partial charge in [-0.15, -0.1) is 0 Å². The van der Waals surface area contributed by atoms with E-state index in [1.165, 1.54) is 0 Å². The second-order valence-electron chi connectivity index (χ2n) is 5.85. The first-order chi connectivity index (χ1) is 11.1. The van der Waals surface area contributed by atoms with E-state index in [2.05, 4.69) is 21.2 Å². The fraction of sp³-hybridized carbons (Fsp3) is 0.529. The molecule has 1 heterocycles. The average Bonchev–Trinajstić information content (AvgIpc) is 2.80. The fourth-order valence-electron chi connectivity index (χ4n) is 2.78. The standard InChI is InChI=1S/C17H24N4O2/c1-19-17(23)13-21-8-2-7-20(9-10-21)12-16(22)15-5-3-14(11-18)4-6-15/h3-6,16,22H,2,7-10,12-13H2,1H3,(H,19,23). The summed E-state index contributed by atoms with van der Waals surface area (Å²) >= 11 is 0. The van der Waals surface area contributed by atoms with Crippen molar-refractivity contribution in [2.24, 2.45) is 0 Å². The Kier molecular flexibility index (Phi) is 6.53. The molecule has 0 radical (unpaired) electrons. The maximum absolute atomic E-state index is 11.5. The van der Waals surface area contributed by atoms with Crippen molar-refractivity contribution in [1.82, 2.24) is 15.1 Å². The molecule has 1 fully saturated rings. The van der Waals surface area contributed by atoms with Crippen LogP contribution < -0.4 is 5.32 Å². The molecule has 1 atom stereocenters. The molecule has 124 valence electrons. The Morgan fingerprint density at radius 2 is 1.91 bits per heavy atom.